The SMILES string of the molecule is CCN1CCC(CNCCCOc2ccccc2)CC1. The second-order valence-electron chi connectivity index (χ2n) is 5.60. The average molecular weight is 276 g/mol. The van der Waals surface area contributed by atoms with Crippen LogP contribution < -0.4 is 10.1 Å². The number of rotatable bonds is 8. The van der Waals surface area contributed by atoms with Crippen LogP contribution in [0.2, 0.25) is 0 Å². The Labute approximate surface area is 123 Å². The van der Waals surface area contributed by atoms with Crippen LogP contribution in [0.15, 0.2) is 30.3 Å². The third-order valence-electron chi connectivity index (χ3n) is 4.10. The van der Waals surface area contributed by atoms with E-state index in [-0.39, 0.29) is 0 Å². The van der Waals surface area contributed by atoms with Gasteiger partial charge in [-0.1, -0.05) is 25.1 Å². The molecule has 1 N–H and O–H groups in total. The van der Waals surface area contributed by atoms with E-state index in [1.54, 1.807) is 0 Å². The molecule has 1 heterocycles. The van der Waals surface area contributed by atoms with Crippen LogP contribution in [0.1, 0.15) is 26.2 Å². The summed E-state index contributed by atoms with van der Waals surface area (Å²) in [6.45, 7) is 9.04. The molecule has 1 fully saturated rings. The molecule has 1 aromatic rings. The summed E-state index contributed by atoms with van der Waals surface area (Å²) in [4.78, 5) is 2.55. The van der Waals surface area contributed by atoms with Gasteiger partial charge in [-0.3, -0.25) is 0 Å². The number of piperidine rings is 1. The van der Waals surface area contributed by atoms with Crippen molar-refractivity contribution < 1.29 is 4.74 Å². The Bertz CT molecular complexity index is 347. The highest BCUT2D eigenvalue weighted by molar-refractivity contribution is 5.20. The molecule has 0 radical (unpaired) electrons. The van der Waals surface area contributed by atoms with E-state index in [0.29, 0.717) is 0 Å². The lowest BCUT2D eigenvalue weighted by molar-refractivity contribution is 0.189. The number of benzene rings is 1. The van der Waals surface area contributed by atoms with Crippen LogP contribution in [0.25, 0.3) is 0 Å². The van der Waals surface area contributed by atoms with E-state index in [1.165, 1.54) is 39.0 Å². The summed E-state index contributed by atoms with van der Waals surface area (Å²) >= 11 is 0. The number of nitrogens with zero attached hydrogens (tertiary/aromatic N) is 1. The Balaban J connectivity index is 1.46. The maximum atomic E-state index is 5.68. The smallest absolute Gasteiger partial charge is 0.119 e. The summed E-state index contributed by atoms with van der Waals surface area (Å²) in [5.41, 5.74) is 0. The predicted molar refractivity (Wildman–Crippen MR) is 84.3 cm³/mol. The normalized spacial score (nSPS) is 17.2. The van der Waals surface area contributed by atoms with Gasteiger partial charge in [-0.15, -0.1) is 0 Å². The highest BCUT2D eigenvalue weighted by Crippen LogP contribution is 2.15. The van der Waals surface area contributed by atoms with Crippen molar-refractivity contribution in [1.82, 2.24) is 10.2 Å². The number of hydrogen-bond acceptors (Lipinski definition) is 3. The van der Waals surface area contributed by atoms with Crippen LogP contribution in [0.3, 0.4) is 0 Å². The number of hydrogen-bond donors (Lipinski definition) is 1. The van der Waals surface area contributed by atoms with Gasteiger partial charge in [0.15, 0.2) is 0 Å². The van der Waals surface area contributed by atoms with Gasteiger partial charge in [0.2, 0.25) is 0 Å². The zero-order valence-corrected chi connectivity index (χ0v) is 12.7. The van der Waals surface area contributed by atoms with Gasteiger partial charge in [0.25, 0.3) is 0 Å². The van der Waals surface area contributed by atoms with Gasteiger partial charge in [-0.05, 0) is 70.0 Å². The third kappa shape index (κ3) is 5.51. The van der Waals surface area contributed by atoms with Gasteiger partial charge in [0, 0.05) is 0 Å². The fourth-order valence-corrected chi connectivity index (χ4v) is 2.72. The molecular formula is C17H28N2O. The summed E-state index contributed by atoms with van der Waals surface area (Å²) in [5, 5.41) is 3.58. The van der Waals surface area contributed by atoms with Crippen LogP contribution in [0, 0.1) is 5.92 Å². The van der Waals surface area contributed by atoms with Crippen molar-refractivity contribution in [2.24, 2.45) is 5.92 Å². The van der Waals surface area contributed by atoms with Crippen LogP contribution in [-0.4, -0.2) is 44.2 Å². The lowest BCUT2D eigenvalue weighted by Crippen LogP contribution is -2.37. The van der Waals surface area contributed by atoms with E-state index in [1.807, 2.05) is 30.3 Å². The van der Waals surface area contributed by atoms with Crippen molar-refractivity contribution in [3.05, 3.63) is 30.3 Å². The maximum Gasteiger partial charge on any atom is 0.119 e. The van der Waals surface area contributed by atoms with Crippen molar-refractivity contribution in [1.29, 1.82) is 0 Å². The molecule has 0 bridgehead atoms. The lowest BCUT2D eigenvalue weighted by Gasteiger charge is -2.31. The predicted octanol–water partition coefficient (Wildman–Crippen LogP) is 2.78. The van der Waals surface area contributed by atoms with Crippen LogP contribution in [-0.2, 0) is 0 Å². The van der Waals surface area contributed by atoms with Crippen molar-refractivity contribution in [2.45, 2.75) is 26.2 Å². The fraction of sp³-hybridized carbons (Fsp3) is 0.647. The minimum Gasteiger partial charge on any atom is -0.494 e. The highest BCUT2D eigenvalue weighted by atomic mass is 16.5. The first-order valence-electron chi connectivity index (χ1n) is 7.99. The molecular weight excluding hydrogens is 248 g/mol. The topological polar surface area (TPSA) is 24.5 Å². The number of nitrogens with one attached hydrogen (secondary N) is 1. The minimum absolute atomic E-state index is 0.797. The Hall–Kier alpha value is -1.06. The molecule has 3 nitrogen and oxygen atoms in total. The molecule has 0 unspecified atom stereocenters. The minimum atomic E-state index is 0.797. The average Bonchev–Trinajstić information content (AvgIpc) is 2.52. The Morgan fingerprint density at radius 3 is 2.65 bits per heavy atom. The van der Waals surface area contributed by atoms with Gasteiger partial charge >= 0.3 is 0 Å². The second-order valence-corrected chi connectivity index (χ2v) is 5.60. The van der Waals surface area contributed by atoms with Crippen LogP contribution in [0.4, 0.5) is 0 Å². The van der Waals surface area contributed by atoms with E-state index in [9.17, 15) is 0 Å². The molecule has 2 rings (SSSR count). The van der Waals surface area contributed by atoms with Gasteiger partial charge in [0.1, 0.15) is 5.75 Å². The van der Waals surface area contributed by atoms with Crippen LogP contribution >= 0.6 is 0 Å². The quantitative estimate of drug-likeness (QED) is 0.739. The van der Waals surface area contributed by atoms with E-state index >= 15 is 0 Å². The standard InChI is InChI=1S/C17H28N2O/c1-2-19-12-9-16(10-13-19)15-18-11-6-14-20-17-7-4-3-5-8-17/h3-5,7-8,16,18H,2,6,9-15H2,1H3. The van der Waals surface area contributed by atoms with Gasteiger partial charge in [0.05, 0.1) is 6.61 Å². The van der Waals surface area contributed by atoms with Gasteiger partial charge < -0.3 is 15.0 Å². The molecule has 112 valence electrons. The third-order valence-corrected chi connectivity index (χ3v) is 4.10. The summed E-state index contributed by atoms with van der Waals surface area (Å²) in [7, 11) is 0. The molecule has 1 aromatic carbocycles. The molecule has 1 aliphatic rings. The number of likely N-dealkylation sites (tertiary alicyclic amines) is 1. The molecule has 0 saturated carbocycles. The second kappa shape index (κ2) is 8.98. The first kappa shape index (κ1) is 15.3. The van der Waals surface area contributed by atoms with E-state index in [2.05, 4.69) is 17.1 Å². The molecule has 1 aliphatic heterocycles. The lowest BCUT2D eigenvalue weighted by atomic mass is 9.97. The van der Waals surface area contributed by atoms with Crippen LogP contribution in [0.5, 0.6) is 5.75 Å². The monoisotopic (exact) mass is 276 g/mol. The molecule has 0 spiro atoms. The number of para-hydroxylation sites is 1. The van der Waals surface area contributed by atoms with Crippen molar-refractivity contribution >= 4 is 0 Å². The van der Waals surface area contributed by atoms with Crippen molar-refractivity contribution in [3.63, 3.8) is 0 Å². The molecule has 0 amide bonds. The largest absolute Gasteiger partial charge is 0.494 e. The summed E-state index contributed by atoms with van der Waals surface area (Å²) in [6.07, 6.45) is 3.77. The fourth-order valence-electron chi connectivity index (χ4n) is 2.72. The molecule has 1 saturated heterocycles. The zero-order chi connectivity index (χ0) is 14.0. The zero-order valence-electron chi connectivity index (χ0n) is 12.7. The summed E-state index contributed by atoms with van der Waals surface area (Å²) < 4.78 is 5.68. The Kier molecular flexibility index (Phi) is 6.89. The van der Waals surface area contributed by atoms with Crippen molar-refractivity contribution in [2.75, 3.05) is 39.3 Å². The van der Waals surface area contributed by atoms with Gasteiger partial charge in [-0.2, -0.15) is 0 Å². The van der Waals surface area contributed by atoms with E-state index in [0.717, 1.165) is 31.2 Å². The molecule has 3 heteroatoms. The molecule has 0 atom stereocenters. The van der Waals surface area contributed by atoms with Gasteiger partial charge in [-0.25, -0.2) is 0 Å². The molecule has 20 heavy (non-hydrogen) atoms. The van der Waals surface area contributed by atoms with Crippen molar-refractivity contribution in [3.8, 4) is 5.75 Å². The Morgan fingerprint density at radius 2 is 1.95 bits per heavy atom. The molecule has 0 aliphatic carbocycles. The highest BCUT2D eigenvalue weighted by Gasteiger charge is 2.17. The van der Waals surface area contributed by atoms with E-state index < -0.39 is 0 Å². The summed E-state index contributed by atoms with van der Waals surface area (Å²) in [6, 6.07) is 10.1. The molecule has 0 aromatic heterocycles. The maximum absolute atomic E-state index is 5.68. The first-order valence-corrected chi connectivity index (χ1v) is 7.99. The summed E-state index contributed by atoms with van der Waals surface area (Å²) in [5.74, 6) is 1.84. The number of ether oxygens (including phenoxy) is 1. The Morgan fingerprint density at radius 1 is 1.20 bits per heavy atom. The first-order chi connectivity index (χ1) is 9.88. The van der Waals surface area contributed by atoms with E-state index in [4.69, 9.17) is 4.74 Å².